The predicted octanol–water partition coefficient (Wildman–Crippen LogP) is 3.60. The maximum absolute atomic E-state index is 12.3. The number of aromatic nitrogens is 1. The van der Waals surface area contributed by atoms with Crippen LogP contribution in [0.2, 0.25) is 0 Å². The second-order valence-electron chi connectivity index (χ2n) is 2.25. The second kappa shape index (κ2) is 3.84. The molecule has 0 fully saturated rings. The Hall–Kier alpha value is -0.290. The van der Waals surface area contributed by atoms with Gasteiger partial charge in [-0.15, -0.1) is 11.6 Å². The lowest BCUT2D eigenvalue weighted by Crippen LogP contribution is -2.11. The van der Waals surface area contributed by atoms with Crippen LogP contribution in [0, 0.1) is 0 Å². The first-order chi connectivity index (χ1) is 5.96. The fraction of sp³-hybridized carbons (Fsp3) is 0.286. The van der Waals surface area contributed by atoms with Crippen molar-refractivity contribution in [1.29, 1.82) is 0 Å². The lowest BCUT2D eigenvalue weighted by Gasteiger charge is -2.10. The Morgan fingerprint density at radius 3 is 2.46 bits per heavy atom. The Labute approximate surface area is 86.0 Å². The third kappa shape index (κ3) is 2.34. The normalized spacial score (nSPS) is 11.8. The highest BCUT2D eigenvalue weighted by molar-refractivity contribution is 9.10. The van der Waals surface area contributed by atoms with E-state index in [1.54, 1.807) is 0 Å². The molecule has 0 unspecified atom stereocenters. The summed E-state index contributed by atoms with van der Waals surface area (Å²) in [5, 5.41) is 0. The van der Waals surface area contributed by atoms with Crippen molar-refractivity contribution in [2.75, 3.05) is 0 Å². The van der Waals surface area contributed by atoms with Crippen molar-refractivity contribution in [3.8, 4) is 0 Å². The third-order valence-electron chi connectivity index (χ3n) is 1.40. The van der Waals surface area contributed by atoms with E-state index < -0.39 is 11.9 Å². The van der Waals surface area contributed by atoms with E-state index in [9.17, 15) is 13.2 Å². The molecule has 13 heavy (non-hydrogen) atoms. The molecule has 1 nitrogen and oxygen atoms in total. The van der Waals surface area contributed by atoms with Crippen LogP contribution in [0.3, 0.4) is 0 Å². The van der Waals surface area contributed by atoms with Crippen LogP contribution in [-0.2, 0) is 12.1 Å². The van der Waals surface area contributed by atoms with Crippen LogP contribution >= 0.6 is 27.5 Å². The number of hydrogen-bond donors (Lipinski definition) is 0. The first-order valence-corrected chi connectivity index (χ1v) is 4.56. The fourth-order valence-electron chi connectivity index (χ4n) is 0.840. The molecule has 0 saturated carbocycles. The van der Waals surface area contributed by atoms with Gasteiger partial charge < -0.3 is 0 Å². The first-order valence-electron chi connectivity index (χ1n) is 3.23. The van der Waals surface area contributed by atoms with Crippen molar-refractivity contribution in [2.24, 2.45) is 0 Å². The first kappa shape index (κ1) is 10.8. The molecule has 1 aromatic rings. The van der Waals surface area contributed by atoms with Gasteiger partial charge in [0.1, 0.15) is 5.69 Å². The molecule has 0 aromatic carbocycles. The van der Waals surface area contributed by atoms with Crippen LogP contribution < -0.4 is 0 Å². The molecule has 0 aliphatic carbocycles. The van der Waals surface area contributed by atoms with Gasteiger partial charge in [-0.05, 0) is 6.07 Å². The van der Waals surface area contributed by atoms with Crippen molar-refractivity contribution in [3.63, 3.8) is 0 Å². The van der Waals surface area contributed by atoms with E-state index in [-0.39, 0.29) is 11.4 Å². The monoisotopic (exact) mass is 273 g/mol. The molecule has 0 radical (unpaired) electrons. The molecule has 0 N–H and O–H groups in total. The van der Waals surface area contributed by atoms with E-state index in [2.05, 4.69) is 20.9 Å². The smallest absolute Gasteiger partial charge is 0.251 e. The van der Waals surface area contributed by atoms with Gasteiger partial charge in [0.2, 0.25) is 0 Å². The number of nitrogens with zero attached hydrogens (tertiary/aromatic N) is 1. The SMILES string of the molecule is FC(F)(F)c1nccc(Br)c1CCl. The fourth-order valence-corrected chi connectivity index (χ4v) is 1.72. The minimum atomic E-state index is -4.45. The summed E-state index contributed by atoms with van der Waals surface area (Å²) in [6.45, 7) is 0. The Morgan fingerprint density at radius 2 is 2.08 bits per heavy atom. The van der Waals surface area contributed by atoms with E-state index in [0.717, 1.165) is 6.20 Å². The maximum Gasteiger partial charge on any atom is 0.433 e. The van der Waals surface area contributed by atoms with Gasteiger partial charge in [-0.3, -0.25) is 4.98 Å². The molecule has 72 valence electrons. The van der Waals surface area contributed by atoms with Crippen LogP contribution in [0.25, 0.3) is 0 Å². The number of pyridine rings is 1. The zero-order chi connectivity index (χ0) is 10.1. The largest absolute Gasteiger partial charge is 0.433 e. The summed E-state index contributed by atoms with van der Waals surface area (Å²) in [6, 6.07) is 1.42. The quantitative estimate of drug-likeness (QED) is 0.713. The molecule has 0 aliphatic rings. The highest BCUT2D eigenvalue weighted by atomic mass is 79.9. The van der Waals surface area contributed by atoms with Crippen molar-refractivity contribution in [3.05, 3.63) is 28.0 Å². The summed E-state index contributed by atoms with van der Waals surface area (Å²) in [5.41, 5.74) is -0.964. The van der Waals surface area contributed by atoms with Gasteiger partial charge in [-0.25, -0.2) is 0 Å². The number of alkyl halides is 4. The minimum Gasteiger partial charge on any atom is -0.251 e. The maximum atomic E-state index is 12.3. The molecule has 0 saturated heterocycles. The van der Waals surface area contributed by atoms with Crippen molar-refractivity contribution in [2.45, 2.75) is 12.1 Å². The zero-order valence-electron chi connectivity index (χ0n) is 6.20. The van der Waals surface area contributed by atoms with E-state index in [0.29, 0.717) is 4.47 Å². The molecular formula is C7H4BrClF3N. The second-order valence-corrected chi connectivity index (χ2v) is 3.37. The minimum absolute atomic E-state index is 0.0309. The molecule has 0 spiro atoms. The summed E-state index contributed by atoms with van der Waals surface area (Å²) in [7, 11) is 0. The van der Waals surface area contributed by atoms with Gasteiger partial charge in [0.05, 0.1) is 5.88 Å². The van der Waals surface area contributed by atoms with Crippen LogP contribution in [0.4, 0.5) is 13.2 Å². The van der Waals surface area contributed by atoms with E-state index in [4.69, 9.17) is 11.6 Å². The molecule has 1 rings (SSSR count). The Kier molecular flexibility index (Phi) is 3.18. The summed E-state index contributed by atoms with van der Waals surface area (Å²) < 4.78 is 37.1. The molecular weight excluding hydrogens is 270 g/mol. The highest BCUT2D eigenvalue weighted by Crippen LogP contribution is 2.33. The average molecular weight is 274 g/mol. The lowest BCUT2D eigenvalue weighted by atomic mass is 10.2. The zero-order valence-corrected chi connectivity index (χ0v) is 8.54. The Balaban J connectivity index is 3.29. The molecule has 1 aromatic heterocycles. The van der Waals surface area contributed by atoms with Crippen LogP contribution in [0.5, 0.6) is 0 Å². The third-order valence-corrected chi connectivity index (χ3v) is 2.41. The van der Waals surface area contributed by atoms with Gasteiger partial charge in [0.25, 0.3) is 0 Å². The van der Waals surface area contributed by atoms with Gasteiger partial charge >= 0.3 is 6.18 Å². The van der Waals surface area contributed by atoms with Gasteiger partial charge in [0, 0.05) is 16.2 Å². The molecule has 0 aliphatic heterocycles. The van der Waals surface area contributed by atoms with Crippen molar-refractivity contribution in [1.82, 2.24) is 4.98 Å². The van der Waals surface area contributed by atoms with E-state index in [1.807, 2.05) is 0 Å². The van der Waals surface area contributed by atoms with Crippen molar-refractivity contribution < 1.29 is 13.2 Å². The Morgan fingerprint density at radius 1 is 1.46 bits per heavy atom. The predicted molar refractivity (Wildman–Crippen MR) is 46.5 cm³/mol. The van der Waals surface area contributed by atoms with E-state index >= 15 is 0 Å². The van der Waals surface area contributed by atoms with Crippen LogP contribution in [-0.4, -0.2) is 4.98 Å². The molecule has 0 bridgehead atoms. The summed E-state index contributed by atoms with van der Waals surface area (Å²) in [5.74, 6) is -0.219. The van der Waals surface area contributed by atoms with Gasteiger partial charge in [0.15, 0.2) is 0 Å². The molecule has 0 atom stereocenters. The molecule has 6 heteroatoms. The summed E-state index contributed by atoms with van der Waals surface area (Å²) in [6.07, 6.45) is -3.36. The summed E-state index contributed by atoms with van der Waals surface area (Å²) in [4.78, 5) is 3.24. The number of halogens is 5. The topological polar surface area (TPSA) is 12.9 Å². The average Bonchev–Trinajstić information content (AvgIpc) is 2.02. The standard InChI is InChI=1S/C7H4BrClF3N/c8-5-1-2-13-6(4(5)3-9)7(10,11)12/h1-2H,3H2. The van der Waals surface area contributed by atoms with Crippen molar-refractivity contribution >= 4 is 27.5 Å². The number of rotatable bonds is 1. The van der Waals surface area contributed by atoms with Crippen LogP contribution in [0.1, 0.15) is 11.3 Å². The molecule has 0 amide bonds. The highest BCUT2D eigenvalue weighted by Gasteiger charge is 2.35. The Bertz CT molecular complexity index is 313. The van der Waals surface area contributed by atoms with Crippen LogP contribution in [0.15, 0.2) is 16.7 Å². The van der Waals surface area contributed by atoms with Gasteiger partial charge in [-0.2, -0.15) is 13.2 Å². The number of hydrogen-bond acceptors (Lipinski definition) is 1. The summed E-state index contributed by atoms with van der Waals surface area (Å²) >= 11 is 8.35. The van der Waals surface area contributed by atoms with Gasteiger partial charge in [-0.1, -0.05) is 15.9 Å². The molecule has 1 heterocycles. The lowest BCUT2D eigenvalue weighted by molar-refractivity contribution is -0.141. The van der Waals surface area contributed by atoms with E-state index in [1.165, 1.54) is 6.07 Å².